The molecule has 9 heteroatoms. The highest BCUT2D eigenvalue weighted by atomic mass is 19.1. The van der Waals surface area contributed by atoms with Gasteiger partial charge in [0.15, 0.2) is 5.76 Å². The third-order valence-electron chi connectivity index (χ3n) is 6.14. The number of benzene rings is 2. The van der Waals surface area contributed by atoms with Gasteiger partial charge in [-0.1, -0.05) is 37.1 Å². The highest BCUT2D eigenvalue weighted by Crippen LogP contribution is 2.32. The number of halogens is 1. The van der Waals surface area contributed by atoms with Crippen LogP contribution in [0.1, 0.15) is 47.8 Å². The fraction of sp³-hybridized carbons (Fsp3) is 0.296. The number of amides is 3. The van der Waals surface area contributed by atoms with Crippen molar-refractivity contribution in [2.24, 2.45) is 0 Å². The van der Waals surface area contributed by atoms with Gasteiger partial charge in [-0.25, -0.2) is 4.39 Å². The molecule has 2 aromatic carbocycles. The van der Waals surface area contributed by atoms with Crippen molar-refractivity contribution in [3.05, 3.63) is 84.1 Å². The fourth-order valence-corrected chi connectivity index (χ4v) is 4.38. The number of methoxy groups -OCH3 is 1. The molecular formula is C27H28FN3O5. The molecule has 1 saturated carbocycles. The van der Waals surface area contributed by atoms with Gasteiger partial charge in [0, 0.05) is 6.04 Å². The van der Waals surface area contributed by atoms with Crippen LogP contribution in [0.2, 0.25) is 0 Å². The summed E-state index contributed by atoms with van der Waals surface area (Å²) in [5.41, 5.74) is 0.364. The Kier molecular flexibility index (Phi) is 7.99. The lowest BCUT2D eigenvalue weighted by Gasteiger charge is -2.32. The number of hydrogen-bond donors (Lipinski definition) is 2. The second kappa shape index (κ2) is 11.5. The average molecular weight is 494 g/mol. The van der Waals surface area contributed by atoms with E-state index in [0.717, 1.165) is 30.6 Å². The molecule has 0 saturated heterocycles. The van der Waals surface area contributed by atoms with Crippen LogP contribution in [0.3, 0.4) is 0 Å². The minimum absolute atomic E-state index is 0.0261. The second-order valence-corrected chi connectivity index (χ2v) is 8.54. The SMILES string of the molecule is COc1cccc(C(C(=O)NC2CCCC2)N(C(=O)CNC(=O)c2ccco2)c2ccccc2F)c1. The van der Waals surface area contributed by atoms with Gasteiger partial charge in [0.2, 0.25) is 11.8 Å². The molecule has 0 bridgehead atoms. The first-order chi connectivity index (χ1) is 17.5. The topological polar surface area (TPSA) is 101 Å². The van der Waals surface area contributed by atoms with Crippen LogP contribution in [0, 0.1) is 5.82 Å². The Morgan fingerprint density at radius 1 is 1.08 bits per heavy atom. The van der Waals surface area contributed by atoms with Gasteiger partial charge in [0.25, 0.3) is 5.91 Å². The van der Waals surface area contributed by atoms with Crippen LogP contribution in [-0.4, -0.2) is 37.4 Å². The number of nitrogens with zero attached hydrogens (tertiary/aromatic N) is 1. The normalized spacial score (nSPS) is 14.2. The molecule has 3 aromatic rings. The van der Waals surface area contributed by atoms with Gasteiger partial charge in [-0.3, -0.25) is 19.3 Å². The molecule has 4 rings (SSSR count). The Labute approximate surface area is 208 Å². The summed E-state index contributed by atoms with van der Waals surface area (Å²) in [4.78, 5) is 40.7. The molecule has 1 aromatic heterocycles. The lowest BCUT2D eigenvalue weighted by atomic mass is 10.0. The van der Waals surface area contributed by atoms with E-state index in [2.05, 4.69) is 10.6 Å². The third-order valence-corrected chi connectivity index (χ3v) is 6.14. The van der Waals surface area contributed by atoms with Crippen molar-refractivity contribution in [1.29, 1.82) is 0 Å². The summed E-state index contributed by atoms with van der Waals surface area (Å²) in [7, 11) is 1.50. The van der Waals surface area contributed by atoms with Gasteiger partial charge in [-0.15, -0.1) is 0 Å². The summed E-state index contributed by atoms with van der Waals surface area (Å²) >= 11 is 0. The number of ether oxygens (including phenoxy) is 1. The van der Waals surface area contributed by atoms with Crippen LogP contribution in [0.15, 0.2) is 71.3 Å². The molecule has 1 aliphatic carbocycles. The molecule has 188 valence electrons. The number of carbonyl (C=O) groups is 3. The van der Waals surface area contributed by atoms with Crippen LogP contribution in [0.4, 0.5) is 10.1 Å². The zero-order valence-electron chi connectivity index (χ0n) is 19.9. The van der Waals surface area contributed by atoms with E-state index in [0.29, 0.717) is 11.3 Å². The predicted octanol–water partition coefficient (Wildman–Crippen LogP) is 3.99. The predicted molar refractivity (Wildman–Crippen MR) is 131 cm³/mol. The molecule has 0 aliphatic heterocycles. The van der Waals surface area contributed by atoms with Crippen LogP contribution >= 0.6 is 0 Å². The van der Waals surface area contributed by atoms with Crippen molar-refractivity contribution in [3.8, 4) is 5.75 Å². The first kappa shape index (κ1) is 25.0. The van der Waals surface area contributed by atoms with E-state index < -0.39 is 36.1 Å². The summed E-state index contributed by atoms with van der Waals surface area (Å²) < 4.78 is 25.5. The van der Waals surface area contributed by atoms with Gasteiger partial charge in [-0.2, -0.15) is 0 Å². The number of rotatable bonds is 9. The molecule has 1 fully saturated rings. The summed E-state index contributed by atoms with van der Waals surface area (Å²) in [6.45, 7) is -0.481. The lowest BCUT2D eigenvalue weighted by Crippen LogP contribution is -2.49. The number of furan rings is 1. The summed E-state index contributed by atoms with van der Waals surface area (Å²) in [6.07, 6.45) is 5.02. The summed E-state index contributed by atoms with van der Waals surface area (Å²) in [6, 6.07) is 14.2. The molecule has 1 atom stereocenters. The van der Waals surface area contributed by atoms with Crippen molar-refractivity contribution in [2.45, 2.75) is 37.8 Å². The Morgan fingerprint density at radius 3 is 2.56 bits per heavy atom. The monoisotopic (exact) mass is 493 g/mol. The highest BCUT2D eigenvalue weighted by Gasteiger charge is 2.35. The minimum atomic E-state index is -1.20. The van der Waals surface area contributed by atoms with E-state index in [9.17, 15) is 14.4 Å². The third kappa shape index (κ3) is 5.73. The van der Waals surface area contributed by atoms with Crippen LogP contribution in [0.25, 0.3) is 0 Å². The zero-order chi connectivity index (χ0) is 25.5. The molecule has 36 heavy (non-hydrogen) atoms. The average Bonchev–Trinajstić information content (AvgIpc) is 3.61. The zero-order valence-corrected chi connectivity index (χ0v) is 19.9. The second-order valence-electron chi connectivity index (χ2n) is 8.54. The Balaban J connectivity index is 1.71. The fourth-order valence-electron chi connectivity index (χ4n) is 4.38. The van der Waals surface area contributed by atoms with Crippen molar-refractivity contribution < 1.29 is 27.9 Å². The van der Waals surface area contributed by atoms with E-state index in [-0.39, 0.29) is 17.5 Å². The molecular weight excluding hydrogens is 465 g/mol. The Bertz CT molecular complexity index is 1210. The largest absolute Gasteiger partial charge is 0.497 e. The van der Waals surface area contributed by atoms with Gasteiger partial charge in [0.1, 0.15) is 17.6 Å². The van der Waals surface area contributed by atoms with Crippen molar-refractivity contribution >= 4 is 23.4 Å². The van der Waals surface area contributed by atoms with Crippen LogP contribution in [-0.2, 0) is 9.59 Å². The van der Waals surface area contributed by atoms with Crippen LogP contribution in [0.5, 0.6) is 5.75 Å². The standard InChI is InChI=1S/C27H28FN3O5/c1-35-20-11-6-8-18(16-20)25(27(34)30-19-9-2-3-10-19)31(22-13-5-4-12-21(22)28)24(32)17-29-26(33)23-14-7-15-36-23/h4-8,11-16,19,25H,2-3,9-10,17H2,1H3,(H,29,33)(H,30,34). The number of para-hydroxylation sites is 1. The first-order valence-corrected chi connectivity index (χ1v) is 11.8. The lowest BCUT2D eigenvalue weighted by molar-refractivity contribution is -0.126. The smallest absolute Gasteiger partial charge is 0.287 e. The quantitative estimate of drug-likeness (QED) is 0.470. The maximum Gasteiger partial charge on any atom is 0.287 e. The van der Waals surface area contributed by atoms with Gasteiger partial charge < -0.3 is 19.8 Å². The van der Waals surface area contributed by atoms with E-state index >= 15 is 4.39 Å². The van der Waals surface area contributed by atoms with E-state index in [1.165, 1.54) is 37.6 Å². The maximum atomic E-state index is 15.1. The van der Waals surface area contributed by atoms with Crippen molar-refractivity contribution in [2.75, 3.05) is 18.6 Å². The van der Waals surface area contributed by atoms with E-state index in [4.69, 9.17) is 9.15 Å². The van der Waals surface area contributed by atoms with E-state index in [1.54, 1.807) is 36.4 Å². The molecule has 8 nitrogen and oxygen atoms in total. The number of nitrogens with one attached hydrogen (secondary N) is 2. The minimum Gasteiger partial charge on any atom is -0.497 e. The Morgan fingerprint density at radius 2 is 1.86 bits per heavy atom. The van der Waals surface area contributed by atoms with Gasteiger partial charge in [-0.05, 0) is 54.8 Å². The number of anilines is 1. The molecule has 0 spiro atoms. The molecule has 3 amide bonds. The maximum absolute atomic E-state index is 15.1. The van der Waals surface area contributed by atoms with Crippen molar-refractivity contribution in [1.82, 2.24) is 10.6 Å². The number of hydrogen-bond acceptors (Lipinski definition) is 5. The molecule has 1 aliphatic rings. The van der Waals surface area contributed by atoms with E-state index in [1.807, 2.05) is 0 Å². The van der Waals surface area contributed by atoms with Crippen molar-refractivity contribution in [3.63, 3.8) is 0 Å². The molecule has 2 N–H and O–H groups in total. The molecule has 1 unspecified atom stereocenters. The first-order valence-electron chi connectivity index (χ1n) is 11.8. The van der Waals surface area contributed by atoms with Crippen LogP contribution < -0.4 is 20.3 Å². The highest BCUT2D eigenvalue weighted by molar-refractivity contribution is 6.04. The molecule has 1 heterocycles. The summed E-state index contributed by atoms with van der Waals surface area (Å²) in [5, 5.41) is 5.52. The Hall–Kier alpha value is -4.14. The summed E-state index contributed by atoms with van der Waals surface area (Å²) in [5.74, 6) is -1.87. The van der Waals surface area contributed by atoms with Gasteiger partial charge in [0.05, 0.1) is 25.6 Å². The molecule has 0 radical (unpaired) electrons. The number of carbonyl (C=O) groups excluding carboxylic acids is 3. The van der Waals surface area contributed by atoms with Gasteiger partial charge >= 0.3 is 0 Å².